The van der Waals surface area contributed by atoms with E-state index in [2.05, 4.69) is 0 Å². The van der Waals surface area contributed by atoms with Gasteiger partial charge in [0, 0.05) is 19.5 Å². The number of nitrogens with zero attached hydrogens (tertiary/aromatic N) is 1. The average Bonchev–Trinajstić information content (AvgIpc) is 2.94. The average molecular weight is 251 g/mol. The van der Waals surface area contributed by atoms with Crippen LogP contribution in [0.5, 0.6) is 0 Å². The molecule has 98 valence electrons. The minimum Gasteiger partial charge on any atom is -0.481 e. The highest BCUT2D eigenvalue weighted by Gasteiger charge is 2.42. The number of carboxylic acid groups (broad SMARTS) is 1. The molecule has 2 rings (SSSR count). The Bertz CT molecular complexity index is 479. The second-order valence-corrected chi connectivity index (χ2v) is 4.95. The first-order valence-corrected chi connectivity index (χ1v) is 6.07. The molecule has 0 saturated carbocycles. The number of amides is 1. The van der Waals surface area contributed by atoms with E-state index in [0.717, 1.165) is 0 Å². The summed E-state index contributed by atoms with van der Waals surface area (Å²) in [5, 5.41) is 9.15. The van der Waals surface area contributed by atoms with E-state index in [-0.39, 0.29) is 12.5 Å². The van der Waals surface area contributed by atoms with Crippen LogP contribution in [0.2, 0.25) is 0 Å². The zero-order valence-corrected chi connectivity index (χ0v) is 10.6. The lowest BCUT2D eigenvalue weighted by Crippen LogP contribution is -2.35. The Balaban J connectivity index is 2.15. The van der Waals surface area contributed by atoms with Gasteiger partial charge in [0.1, 0.15) is 5.76 Å². The van der Waals surface area contributed by atoms with Gasteiger partial charge in [-0.3, -0.25) is 9.59 Å². The highest BCUT2D eigenvalue weighted by Crippen LogP contribution is 2.31. The Morgan fingerprint density at radius 1 is 1.56 bits per heavy atom. The monoisotopic (exact) mass is 251 g/mol. The first kappa shape index (κ1) is 12.7. The van der Waals surface area contributed by atoms with Crippen molar-refractivity contribution in [3.63, 3.8) is 0 Å². The van der Waals surface area contributed by atoms with Crippen molar-refractivity contribution in [2.24, 2.45) is 5.41 Å². The van der Waals surface area contributed by atoms with Crippen molar-refractivity contribution in [3.8, 4) is 0 Å². The summed E-state index contributed by atoms with van der Waals surface area (Å²) < 4.78 is 5.23. The highest BCUT2D eigenvalue weighted by molar-refractivity contribution is 5.96. The third-order valence-electron chi connectivity index (χ3n) is 3.57. The molecule has 1 amide bonds. The predicted molar refractivity (Wildman–Crippen MR) is 64.3 cm³/mol. The fraction of sp³-hybridized carbons (Fsp3) is 0.538. The van der Waals surface area contributed by atoms with E-state index in [4.69, 9.17) is 9.52 Å². The summed E-state index contributed by atoms with van der Waals surface area (Å²) >= 11 is 0. The number of hydrogen-bond acceptors (Lipinski definition) is 3. The molecule has 1 atom stereocenters. The third-order valence-corrected chi connectivity index (χ3v) is 3.57. The molecule has 1 saturated heterocycles. The summed E-state index contributed by atoms with van der Waals surface area (Å²) in [6, 6.07) is 1.65. The van der Waals surface area contributed by atoms with Gasteiger partial charge in [-0.05, 0) is 19.4 Å². The van der Waals surface area contributed by atoms with E-state index < -0.39 is 11.4 Å². The SMILES string of the molecule is CCc1occc1C(=O)N1CCC(C)(C(=O)O)C1. The molecule has 1 aromatic heterocycles. The molecule has 1 N–H and O–H groups in total. The Labute approximate surface area is 105 Å². The number of rotatable bonds is 3. The molecule has 0 bridgehead atoms. The lowest BCUT2D eigenvalue weighted by molar-refractivity contribution is -0.147. The summed E-state index contributed by atoms with van der Waals surface area (Å²) in [5.74, 6) is -0.324. The van der Waals surface area contributed by atoms with E-state index in [1.807, 2.05) is 6.92 Å². The lowest BCUT2D eigenvalue weighted by Gasteiger charge is -2.20. The Morgan fingerprint density at radius 3 is 2.83 bits per heavy atom. The second kappa shape index (κ2) is 4.48. The second-order valence-electron chi connectivity index (χ2n) is 4.95. The fourth-order valence-corrected chi connectivity index (χ4v) is 2.28. The molecule has 5 heteroatoms. The van der Waals surface area contributed by atoms with Crippen molar-refractivity contribution in [3.05, 3.63) is 23.7 Å². The molecule has 1 aliphatic rings. The molecule has 1 aromatic rings. The summed E-state index contributed by atoms with van der Waals surface area (Å²) in [6.45, 7) is 4.34. The van der Waals surface area contributed by atoms with Gasteiger partial charge in [-0.15, -0.1) is 0 Å². The molecule has 2 heterocycles. The smallest absolute Gasteiger partial charge is 0.311 e. The number of carboxylic acids is 1. The zero-order chi connectivity index (χ0) is 13.3. The highest BCUT2D eigenvalue weighted by atomic mass is 16.4. The van der Waals surface area contributed by atoms with Crippen molar-refractivity contribution in [1.82, 2.24) is 4.90 Å². The number of carbonyl (C=O) groups is 2. The summed E-state index contributed by atoms with van der Waals surface area (Å²) in [6.07, 6.45) is 2.64. The van der Waals surface area contributed by atoms with Gasteiger partial charge in [0.25, 0.3) is 5.91 Å². The van der Waals surface area contributed by atoms with Gasteiger partial charge in [0.2, 0.25) is 0 Å². The molecule has 0 aliphatic carbocycles. The van der Waals surface area contributed by atoms with Crippen molar-refractivity contribution < 1.29 is 19.1 Å². The number of aryl methyl sites for hydroxylation is 1. The molecule has 18 heavy (non-hydrogen) atoms. The van der Waals surface area contributed by atoms with Crippen LogP contribution in [0, 0.1) is 5.41 Å². The molecular weight excluding hydrogens is 234 g/mol. The van der Waals surface area contributed by atoms with Crippen molar-refractivity contribution in [1.29, 1.82) is 0 Å². The van der Waals surface area contributed by atoms with E-state index in [9.17, 15) is 9.59 Å². The quantitative estimate of drug-likeness (QED) is 0.888. The zero-order valence-electron chi connectivity index (χ0n) is 10.6. The Kier molecular flexibility index (Phi) is 3.15. The molecule has 0 radical (unpaired) electrons. The van der Waals surface area contributed by atoms with Crippen LogP contribution in [-0.2, 0) is 11.2 Å². The van der Waals surface area contributed by atoms with Gasteiger partial charge in [-0.1, -0.05) is 6.92 Å². The standard InChI is InChI=1S/C13H17NO4/c1-3-10-9(4-7-18-10)11(15)14-6-5-13(2,8-14)12(16)17/h4,7H,3,5-6,8H2,1-2H3,(H,16,17). The summed E-state index contributed by atoms with van der Waals surface area (Å²) in [5.41, 5.74) is -0.279. The van der Waals surface area contributed by atoms with Crippen LogP contribution in [0.15, 0.2) is 16.7 Å². The van der Waals surface area contributed by atoms with Crippen LogP contribution >= 0.6 is 0 Å². The van der Waals surface area contributed by atoms with Crippen LogP contribution in [0.3, 0.4) is 0 Å². The number of furan rings is 1. The third kappa shape index (κ3) is 2.00. The van der Waals surface area contributed by atoms with Crippen LogP contribution in [-0.4, -0.2) is 35.0 Å². The molecular formula is C13H17NO4. The molecule has 0 aromatic carbocycles. The largest absolute Gasteiger partial charge is 0.481 e. The number of carbonyl (C=O) groups excluding carboxylic acids is 1. The molecule has 5 nitrogen and oxygen atoms in total. The van der Waals surface area contributed by atoms with E-state index in [0.29, 0.717) is 30.7 Å². The maximum Gasteiger partial charge on any atom is 0.311 e. The van der Waals surface area contributed by atoms with Crippen LogP contribution in [0.1, 0.15) is 36.4 Å². The van der Waals surface area contributed by atoms with Crippen LogP contribution in [0.4, 0.5) is 0 Å². The Hall–Kier alpha value is -1.78. The number of hydrogen-bond donors (Lipinski definition) is 1. The Morgan fingerprint density at radius 2 is 2.28 bits per heavy atom. The van der Waals surface area contributed by atoms with Crippen molar-refractivity contribution in [2.45, 2.75) is 26.7 Å². The van der Waals surface area contributed by atoms with Gasteiger partial charge in [-0.25, -0.2) is 0 Å². The summed E-state index contributed by atoms with van der Waals surface area (Å²) in [4.78, 5) is 25.0. The number of aliphatic carboxylic acids is 1. The van der Waals surface area contributed by atoms with Gasteiger partial charge in [-0.2, -0.15) is 0 Å². The van der Waals surface area contributed by atoms with Gasteiger partial charge < -0.3 is 14.4 Å². The predicted octanol–water partition coefficient (Wildman–Crippen LogP) is 1.78. The molecule has 1 aliphatic heterocycles. The van der Waals surface area contributed by atoms with Crippen LogP contribution < -0.4 is 0 Å². The van der Waals surface area contributed by atoms with Crippen molar-refractivity contribution in [2.75, 3.05) is 13.1 Å². The van der Waals surface area contributed by atoms with Gasteiger partial charge in [0.05, 0.1) is 17.2 Å². The molecule has 1 fully saturated rings. The summed E-state index contributed by atoms with van der Waals surface area (Å²) in [7, 11) is 0. The topological polar surface area (TPSA) is 70.8 Å². The lowest BCUT2D eigenvalue weighted by atomic mass is 9.90. The van der Waals surface area contributed by atoms with E-state index in [1.54, 1.807) is 17.9 Å². The molecule has 1 unspecified atom stereocenters. The maximum absolute atomic E-state index is 12.3. The van der Waals surface area contributed by atoms with Gasteiger partial charge >= 0.3 is 5.97 Å². The molecule has 0 spiro atoms. The first-order chi connectivity index (χ1) is 8.48. The number of likely N-dealkylation sites (tertiary alicyclic amines) is 1. The first-order valence-electron chi connectivity index (χ1n) is 6.07. The minimum absolute atomic E-state index is 0.134. The van der Waals surface area contributed by atoms with E-state index in [1.165, 1.54) is 6.26 Å². The van der Waals surface area contributed by atoms with E-state index >= 15 is 0 Å². The van der Waals surface area contributed by atoms with Crippen molar-refractivity contribution >= 4 is 11.9 Å². The fourth-order valence-electron chi connectivity index (χ4n) is 2.28. The minimum atomic E-state index is -0.847. The maximum atomic E-state index is 12.3. The van der Waals surface area contributed by atoms with Crippen LogP contribution in [0.25, 0.3) is 0 Å². The van der Waals surface area contributed by atoms with Gasteiger partial charge in [0.15, 0.2) is 0 Å². The normalized spacial score (nSPS) is 23.3.